The van der Waals surface area contributed by atoms with E-state index in [1.165, 1.54) is 82.6 Å². The van der Waals surface area contributed by atoms with Crippen molar-refractivity contribution < 1.29 is 0 Å². The molecule has 0 radical (unpaired) electrons. The van der Waals surface area contributed by atoms with Gasteiger partial charge in [-0.15, -0.1) is 0 Å². The fraction of sp³-hybridized carbons (Fsp3) is 0.926. The van der Waals surface area contributed by atoms with Gasteiger partial charge >= 0.3 is 0 Å². The van der Waals surface area contributed by atoms with Crippen molar-refractivity contribution in [2.45, 2.75) is 153 Å². The van der Waals surface area contributed by atoms with E-state index < -0.39 is 0 Å². The number of allylic oxidation sites excluding steroid dienone is 2. The first-order valence-corrected chi connectivity index (χ1v) is 12.4. The number of hydrogen-bond donors (Lipinski definition) is 0. The van der Waals surface area contributed by atoms with Crippen LogP contribution in [0.25, 0.3) is 0 Å². The van der Waals surface area contributed by atoms with Crippen molar-refractivity contribution in [1.82, 2.24) is 0 Å². The second-order valence-electron chi connectivity index (χ2n) is 8.38. The summed E-state index contributed by atoms with van der Waals surface area (Å²) in [5, 5.41) is 0. The lowest BCUT2D eigenvalue weighted by atomic mass is 9.91. The Kier molecular flexibility index (Phi) is 42.3. The molecular weight excluding hydrogens is 324 g/mol. The van der Waals surface area contributed by atoms with Crippen LogP contribution in [0.15, 0.2) is 11.6 Å². The molecule has 0 heterocycles. The van der Waals surface area contributed by atoms with E-state index in [9.17, 15) is 0 Å². The molecule has 1 fully saturated rings. The zero-order valence-electron chi connectivity index (χ0n) is 21.7. The molecule has 0 aromatic carbocycles. The molecule has 0 N–H and O–H groups in total. The van der Waals surface area contributed by atoms with Crippen LogP contribution in [-0.2, 0) is 0 Å². The maximum absolute atomic E-state index is 2.36. The number of hydrogen-bond acceptors (Lipinski definition) is 0. The first kappa shape index (κ1) is 34.3. The van der Waals surface area contributed by atoms with E-state index in [1.54, 1.807) is 0 Å². The van der Waals surface area contributed by atoms with Crippen LogP contribution in [-0.4, -0.2) is 0 Å². The highest BCUT2D eigenvalue weighted by Gasteiger charge is 2.05. The molecule has 27 heavy (non-hydrogen) atoms. The maximum atomic E-state index is 2.36. The summed E-state index contributed by atoms with van der Waals surface area (Å²) in [7, 11) is 0. The minimum absolute atomic E-state index is 0.935. The predicted octanol–water partition coefficient (Wildman–Crippen LogP) is 11.0. The van der Waals surface area contributed by atoms with Crippen LogP contribution >= 0.6 is 0 Å². The van der Waals surface area contributed by atoms with Gasteiger partial charge in [-0.3, -0.25) is 0 Å². The highest BCUT2D eigenvalue weighted by atomic mass is 14.1. The van der Waals surface area contributed by atoms with E-state index in [0.717, 1.165) is 11.8 Å². The summed E-state index contributed by atoms with van der Waals surface area (Å²) in [5.74, 6) is 1.97. The zero-order chi connectivity index (χ0) is 21.9. The topological polar surface area (TPSA) is 0 Å². The summed E-state index contributed by atoms with van der Waals surface area (Å²) in [4.78, 5) is 0. The van der Waals surface area contributed by atoms with Gasteiger partial charge in [0.25, 0.3) is 0 Å². The quantitative estimate of drug-likeness (QED) is 0.413. The van der Waals surface area contributed by atoms with Crippen LogP contribution in [0.1, 0.15) is 153 Å². The van der Waals surface area contributed by atoms with Gasteiger partial charge in [0.05, 0.1) is 0 Å². The minimum atomic E-state index is 0.935. The van der Waals surface area contributed by atoms with Gasteiger partial charge in [-0.05, 0) is 32.6 Å². The Balaban J connectivity index is -0.000000124. The summed E-state index contributed by atoms with van der Waals surface area (Å²) in [5.41, 5.74) is 1.38. The third-order valence-corrected chi connectivity index (χ3v) is 5.07. The van der Waals surface area contributed by atoms with Crippen molar-refractivity contribution in [2.75, 3.05) is 0 Å². The minimum Gasteiger partial charge on any atom is -0.0890 e. The number of unbranched alkanes of at least 4 members (excludes halogenated alkanes) is 3. The van der Waals surface area contributed by atoms with Crippen LogP contribution in [0.5, 0.6) is 0 Å². The van der Waals surface area contributed by atoms with E-state index in [1.807, 2.05) is 6.92 Å². The fourth-order valence-electron chi connectivity index (χ4n) is 1.95. The third-order valence-electron chi connectivity index (χ3n) is 5.07. The van der Waals surface area contributed by atoms with E-state index in [0.29, 0.717) is 0 Å². The van der Waals surface area contributed by atoms with E-state index in [4.69, 9.17) is 0 Å². The Morgan fingerprint density at radius 2 is 1.15 bits per heavy atom. The highest BCUT2D eigenvalue weighted by molar-refractivity contribution is 4.88. The second kappa shape index (κ2) is 33.3. The van der Waals surface area contributed by atoms with Gasteiger partial charge in [0.2, 0.25) is 0 Å². The standard InChI is InChI=1S/C7H14.C6H14.C5H10.C5H12.C4H10/c1-7-5-3-2-4-6-7;1-4-6(3)5-2;1-4-5(2)3;1-3-5-4-2;1-3-4-2/h7H,2-6H2,1H3;6H,4-5H2,1-3H3;4H,1-3H3;3-5H2,1-2H3;3-4H2,1-2H3. The SMILES string of the molecule is CC1CCCCC1.CC=C(C)C.CCC(C)CC.CCCC.CCCCC. The average Bonchev–Trinajstić information content (AvgIpc) is 2.70. The summed E-state index contributed by atoms with van der Waals surface area (Å²) >= 11 is 0. The Morgan fingerprint density at radius 1 is 0.778 bits per heavy atom. The molecule has 0 aliphatic heterocycles. The molecule has 0 saturated heterocycles. The van der Waals surface area contributed by atoms with Crippen LogP contribution in [0, 0.1) is 11.8 Å². The summed E-state index contributed by atoms with van der Waals surface area (Å²) in [6.45, 7) is 24.1. The molecular formula is C27H60. The smallest absolute Gasteiger partial charge is 0.0442 e. The monoisotopic (exact) mass is 384 g/mol. The Morgan fingerprint density at radius 3 is 1.22 bits per heavy atom. The Hall–Kier alpha value is -0.260. The second-order valence-corrected chi connectivity index (χ2v) is 8.38. The highest BCUT2D eigenvalue weighted by Crippen LogP contribution is 2.22. The van der Waals surface area contributed by atoms with Crippen molar-refractivity contribution in [3.8, 4) is 0 Å². The molecule has 1 rings (SSSR count). The van der Waals surface area contributed by atoms with Crippen LogP contribution in [0.3, 0.4) is 0 Å². The van der Waals surface area contributed by atoms with E-state index >= 15 is 0 Å². The molecule has 0 bridgehead atoms. The summed E-state index contributed by atoms with van der Waals surface area (Å²) in [6.07, 6.45) is 18.9. The fourth-order valence-corrected chi connectivity index (χ4v) is 1.95. The van der Waals surface area contributed by atoms with E-state index in [-0.39, 0.29) is 0 Å². The molecule has 168 valence electrons. The molecule has 0 amide bonds. The first-order valence-electron chi connectivity index (χ1n) is 12.4. The molecule has 0 aromatic rings. The van der Waals surface area contributed by atoms with Crippen LogP contribution in [0.4, 0.5) is 0 Å². The van der Waals surface area contributed by atoms with Gasteiger partial charge in [-0.2, -0.15) is 0 Å². The molecule has 0 heteroatoms. The van der Waals surface area contributed by atoms with Crippen LogP contribution < -0.4 is 0 Å². The molecule has 0 nitrogen and oxygen atoms in total. The molecule has 1 aliphatic carbocycles. The third kappa shape index (κ3) is 51.8. The number of rotatable bonds is 5. The van der Waals surface area contributed by atoms with Gasteiger partial charge in [0.15, 0.2) is 0 Å². The normalized spacial score (nSPS) is 12.7. The molecule has 0 unspecified atom stereocenters. The van der Waals surface area contributed by atoms with Gasteiger partial charge in [-0.1, -0.05) is 144 Å². The molecule has 0 spiro atoms. The van der Waals surface area contributed by atoms with Crippen molar-refractivity contribution >= 4 is 0 Å². The molecule has 1 saturated carbocycles. The lowest BCUT2D eigenvalue weighted by Gasteiger charge is -2.15. The molecule has 0 atom stereocenters. The van der Waals surface area contributed by atoms with Gasteiger partial charge in [0.1, 0.15) is 0 Å². The van der Waals surface area contributed by atoms with Crippen molar-refractivity contribution in [3.63, 3.8) is 0 Å². The lowest BCUT2D eigenvalue weighted by molar-refractivity contribution is 0.385. The molecule has 1 aliphatic rings. The largest absolute Gasteiger partial charge is 0.0890 e. The zero-order valence-corrected chi connectivity index (χ0v) is 21.7. The van der Waals surface area contributed by atoms with E-state index in [2.05, 4.69) is 75.3 Å². The maximum Gasteiger partial charge on any atom is -0.0442 e. The van der Waals surface area contributed by atoms with Crippen molar-refractivity contribution in [3.05, 3.63) is 11.6 Å². The van der Waals surface area contributed by atoms with Crippen molar-refractivity contribution in [2.24, 2.45) is 11.8 Å². The lowest BCUT2D eigenvalue weighted by Crippen LogP contribution is -1.99. The Bertz CT molecular complexity index is 220. The molecule has 0 aromatic heterocycles. The summed E-state index contributed by atoms with van der Waals surface area (Å²) < 4.78 is 0. The van der Waals surface area contributed by atoms with Crippen LogP contribution in [0.2, 0.25) is 0 Å². The summed E-state index contributed by atoms with van der Waals surface area (Å²) in [6, 6.07) is 0. The predicted molar refractivity (Wildman–Crippen MR) is 133 cm³/mol. The Labute approximate surface area is 177 Å². The van der Waals surface area contributed by atoms with Gasteiger partial charge in [-0.25, -0.2) is 0 Å². The van der Waals surface area contributed by atoms with Gasteiger partial charge < -0.3 is 0 Å². The van der Waals surface area contributed by atoms with Crippen molar-refractivity contribution in [1.29, 1.82) is 0 Å². The average molecular weight is 385 g/mol. The first-order chi connectivity index (χ1) is 12.8. The van der Waals surface area contributed by atoms with Gasteiger partial charge in [0, 0.05) is 0 Å².